The van der Waals surface area contributed by atoms with E-state index in [0.717, 1.165) is 0 Å². The lowest BCUT2D eigenvalue weighted by molar-refractivity contribution is -0.139. The minimum Gasteiger partial charge on any atom is -0.497 e. The lowest BCUT2D eigenvalue weighted by Crippen LogP contribution is -2.43. The van der Waals surface area contributed by atoms with Crippen LogP contribution in [0.2, 0.25) is 0 Å². The zero-order valence-electron chi connectivity index (χ0n) is 10.9. The number of sulfonamides is 1. The number of ether oxygens (including phenoxy) is 2. The molecule has 112 valence electrons. The Balaban J connectivity index is 3.23. The first kappa shape index (κ1) is 16.2. The van der Waals surface area contributed by atoms with E-state index < -0.39 is 28.6 Å². The molecule has 0 fully saturated rings. The molecular formula is C11H15NO7S. The molecule has 8 nitrogen and oxygen atoms in total. The third kappa shape index (κ3) is 3.59. The number of hydrogen-bond acceptors (Lipinski definition) is 6. The molecule has 0 aliphatic heterocycles. The molecule has 0 saturated heterocycles. The van der Waals surface area contributed by atoms with Crippen LogP contribution in [0.15, 0.2) is 23.1 Å². The number of methoxy groups -OCH3 is 2. The van der Waals surface area contributed by atoms with Gasteiger partial charge in [-0.3, -0.25) is 4.79 Å². The van der Waals surface area contributed by atoms with E-state index in [1.165, 1.54) is 32.4 Å². The Morgan fingerprint density at radius 2 is 2.00 bits per heavy atom. The molecular weight excluding hydrogens is 290 g/mol. The highest BCUT2D eigenvalue weighted by Crippen LogP contribution is 2.28. The van der Waals surface area contributed by atoms with E-state index in [2.05, 4.69) is 0 Å². The van der Waals surface area contributed by atoms with Gasteiger partial charge in [-0.05, 0) is 12.1 Å². The van der Waals surface area contributed by atoms with E-state index in [-0.39, 0.29) is 16.4 Å². The molecule has 0 radical (unpaired) electrons. The number of aliphatic carboxylic acids is 1. The maximum atomic E-state index is 12.1. The van der Waals surface area contributed by atoms with Crippen molar-refractivity contribution in [2.45, 2.75) is 10.9 Å². The minimum absolute atomic E-state index is 0.0281. The summed E-state index contributed by atoms with van der Waals surface area (Å²) in [5.74, 6) is -1.19. The van der Waals surface area contributed by atoms with E-state index in [1.54, 1.807) is 0 Å². The van der Waals surface area contributed by atoms with Crippen LogP contribution in [-0.2, 0) is 14.8 Å². The van der Waals surface area contributed by atoms with Crippen molar-refractivity contribution in [3.63, 3.8) is 0 Å². The fraction of sp³-hybridized carbons (Fsp3) is 0.364. The molecule has 0 aliphatic rings. The Morgan fingerprint density at radius 3 is 2.45 bits per heavy atom. The Morgan fingerprint density at radius 1 is 1.35 bits per heavy atom. The van der Waals surface area contributed by atoms with Crippen LogP contribution in [0.3, 0.4) is 0 Å². The average molecular weight is 305 g/mol. The summed E-state index contributed by atoms with van der Waals surface area (Å²) < 4.78 is 36.0. The molecule has 1 aromatic carbocycles. The Hall–Kier alpha value is -1.84. The average Bonchev–Trinajstić information content (AvgIpc) is 2.43. The minimum atomic E-state index is -4.19. The summed E-state index contributed by atoms with van der Waals surface area (Å²) in [5, 5.41) is 17.6. The lowest BCUT2D eigenvalue weighted by Gasteiger charge is -2.15. The van der Waals surface area contributed by atoms with Crippen LogP contribution in [-0.4, -0.2) is 51.5 Å². The van der Waals surface area contributed by atoms with E-state index >= 15 is 0 Å². The summed E-state index contributed by atoms with van der Waals surface area (Å²) >= 11 is 0. The normalized spacial score (nSPS) is 12.8. The summed E-state index contributed by atoms with van der Waals surface area (Å²) in [6.45, 7) is -0.874. The van der Waals surface area contributed by atoms with Crippen molar-refractivity contribution in [3.8, 4) is 11.5 Å². The number of benzene rings is 1. The van der Waals surface area contributed by atoms with Gasteiger partial charge >= 0.3 is 5.97 Å². The Kier molecular flexibility index (Phi) is 5.31. The van der Waals surface area contributed by atoms with Gasteiger partial charge in [0.2, 0.25) is 10.0 Å². The monoisotopic (exact) mass is 305 g/mol. The highest BCUT2D eigenvalue weighted by Gasteiger charge is 2.27. The molecule has 0 bridgehead atoms. The first-order chi connectivity index (χ1) is 9.35. The van der Waals surface area contributed by atoms with Crippen LogP contribution in [0.25, 0.3) is 0 Å². The van der Waals surface area contributed by atoms with Crippen LogP contribution in [0.1, 0.15) is 0 Å². The largest absolute Gasteiger partial charge is 0.497 e. The second-order valence-electron chi connectivity index (χ2n) is 3.71. The number of aliphatic hydroxyl groups is 1. The fourth-order valence-corrected chi connectivity index (χ4v) is 2.77. The number of hydrogen-bond donors (Lipinski definition) is 3. The van der Waals surface area contributed by atoms with Crippen molar-refractivity contribution in [3.05, 3.63) is 18.2 Å². The predicted octanol–water partition coefficient (Wildman–Crippen LogP) is -0.572. The summed E-state index contributed by atoms with van der Waals surface area (Å²) in [5.41, 5.74) is 0. The van der Waals surface area contributed by atoms with E-state index in [1.807, 2.05) is 4.72 Å². The Labute approximate surface area is 116 Å². The van der Waals surface area contributed by atoms with Gasteiger partial charge < -0.3 is 19.7 Å². The zero-order chi connectivity index (χ0) is 15.3. The number of carboxylic acid groups (broad SMARTS) is 1. The highest BCUT2D eigenvalue weighted by molar-refractivity contribution is 7.89. The third-order valence-corrected chi connectivity index (χ3v) is 3.93. The van der Waals surface area contributed by atoms with Crippen molar-refractivity contribution in [2.75, 3.05) is 20.8 Å². The molecule has 1 atom stereocenters. The second kappa shape index (κ2) is 6.55. The fourth-order valence-electron chi connectivity index (χ4n) is 1.41. The smallest absolute Gasteiger partial charge is 0.324 e. The molecule has 9 heteroatoms. The van der Waals surface area contributed by atoms with Crippen molar-refractivity contribution >= 4 is 16.0 Å². The second-order valence-corrected chi connectivity index (χ2v) is 5.39. The molecule has 0 aromatic heterocycles. The molecule has 20 heavy (non-hydrogen) atoms. The first-order valence-corrected chi connectivity index (χ1v) is 6.92. The van der Waals surface area contributed by atoms with Gasteiger partial charge in [-0.15, -0.1) is 0 Å². The maximum Gasteiger partial charge on any atom is 0.324 e. The van der Waals surface area contributed by atoms with Crippen LogP contribution in [0.5, 0.6) is 11.5 Å². The van der Waals surface area contributed by atoms with Crippen LogP contribution in [0.4, 0.5) is 0 Å². The van der Waals surface area contributed by atoms with Gasteiger partial charge in [0.1, 0.15) is 22.4 Å². The van der Waals surface area contributed by atoms with Crippen LogP contribution < -0.4 is 14.2 Å². The van der Waals surface area contributed by atoms with Gasteiger partial charge in [0.05, 0.1) is 20.8 Å². The number of carboxylic acids is 1. The number of nitrogens with one attached hydrogen (secondary N) is 1. The maximum absolute atomic E-state index is 12.1. The molecule has 0 saturated carbocycles. The van der Waals surface area contributed by atoms with E-state index in [4.69, 9.17) is 19.7 Å². The number of carbonyl (C=O) groups is 1. The summed E-state index contributed by atoms with van der Waals surface area (Å²) in [6, 6.07) is 2.42. The molecule has 0 aliphatic carbocycles. The molecule has 0 amide bonds. The van der Waals surface area contributed by atoms with Gasteiger partial charge in [-0.25, -0.2) is 8.42 Å². The summed E-state index contributed by atoms with van der Waals surface area (Å²) in [4.78, 5) is 10.5. The Bertz CT molecular complexity index is 584. The highest BCUT2D eigenvalue weighted by atomic mass is 32.2. The predicted molar refractivity (Wildman–Crippen MR) is 68.4 cm³/mol. The van der Waals surface area contributed by atoms with E-state index in [0.29, 0.717) is 0 Å². The van der Waals surface area contributed by atoms with Gasteiger partial charge in [0.25, 0.3) is 0 Å². The van der Waals surface area contributed by atoms with Gasteiger partial charge in [0.15, 0.2) is 0 Å². The van der Waals surface area contributed by atoms with Crippen LogP contribution in [0, 0.1) is 0 Å². The van der Waals surface area contributed by atoms with Gasteiger partial charge in [-0.1, -0.05) is 0 Å². The van der Waals surface area contributed by atoms with Crippen molar-refractivity contribution in [2.24, 2.45) is 0 Å². The lowest BCUT2D eigenvalue weighted by atomic mass is 10.3. The summed E-state index contributed by atoms with van der Waals surface area (Å²) in [6.07, 6.45) is 0. The molecule has 0 heterocycles. The van der Waals surface area contributed by atoms with Gasteiger partial charge in [0, 0.05) is 6.07 Å². The third-order valence-electron chi connectivity index (χ3n) is 2.44. The molecule has 0 unspecified atom stereocenters. The zero-order valence-corrected chi connectivity index (χ0v) is 11.7. The van der Waals surface area contributed by atoms with Crippen molar-refractivity contribution in [1.29, 1.82) is 0 Å². The quantitative estimate of drug-likeness (QED) is 0.616. The summed E-state index contributed by atoms with van der Waals surface area (Å²) in [7, 11) is -1.55. The first-order valence-electron chi connectivity index (χ1n) is 5.43. The standard InChI is InChI=1S/C11H15NO7S/c1-18-7-3-4-9(19-2)10(5-7)20(16,17)12-8(6-13)11(14)15/h3-5,8,12-13H,6H2,1-2H3,(H,14,15)/t8-/m0/s1. The van der Waals surface area contributed by atoms with Crippen molar-refractivity contribution < 1.29 is 32.9 Å². The SMILES string of the molecule is COc1ccc(OC)c(S(=O)(=O)N[C@@H](CO)C(=O)O)c1. The van der Waals surface area contributed by atoms with Crippen LogP contribution >= 0.6 is 0 Å². The molecule has 0 spiro atoms. The molecule has 1 rings (SSSR count). The van der Waals surface area contributed by atoms with Gasteiger partial charge in [-0.2, -0.15) is 4.72 Å². The number of aliphatic hydroxyl groups excluding tert-OH is 1. The van der Waals surface area contributed by atoms with E-state index in [9.17, 15) is 13.2 Å². The molecule has 3 N–H and O–H groups in total. The topological polar surface area (TPSA) is 122 Å². The van der Waals surface area contributed by atoms with Crippen molar-refractivity contribution in [1.82, 2.24) is 4.72 Å². The molecule has 1 aromatic rings. The number of rotatable bonds is 7.